The van der Waals surface area contributed by atoms with E-state index < -0.39 is 24.3 Å². The van der Waals surface area contributed by atoms with Crippen molar-refractivity contribution in [2.24, 2.45) is 5.10 Å². The van der Waals surface area contributed by atoms with E-state index in [0.717, 1.165) is 22.6 Å². The fraction of sp³-hybridized carbons (Fsp3) is 0.286. The van der Waals surface area contributed by atoms with E-state index in [9.17, 15) is 18.0 Å². The van der Waals surface area contributed by atoms with Crippen LogP contribution in [0, 0.1) is 12.3 Å². The molecule has 0 saturated heterocycles. The lowest BCUT2D eigenvalue weighted by atomic mass is 10.2. The van der Waals surface area contributed by atoms with Gasteiger partial charge in [-0.1, -0.05) is 0 Å². The number of halogens is 3. The summed E-state index contributed by atoms with van der Waals surface area (Å²) in [5, 5.41) is 20.8. The molecule has 0 unspecified atom stereocenters. The Kier molecular flexibility index (Phi) is 8.49. The smallest absolute Gasteiger partial charge is 0.416 e. The number of aryl methyl sites for hydroxylation is 1. The van der Waals surface area contributed by atoms with Crippen molar-refractivity contribution in [3.05, 3.63) is 53.6 Å². The molecule has 6 nitrogen and oxygen atoms in total. The van der Waals surface area contributed by atoms with Crippen molar-refractivity contribution in [2.45, 2.75) is 31.3 Å². The van der Waals surface area contributed by atoms with Gasteiger partial charge in [0.25, 0.3) is 0 Å². The van der Waals surface area contributed by atoms with Crippen LogP contribution in [0.4, 0.5) is 18.9 Å². The molecule has 2 aromatic rings. The molecule has 0 fully saturated rings. The van der Waals surface area contributed by atoms with E-state index in [1.54, 1.807) is 13.0 Å². The summed E-state index contributed by atoms with van der Waals surface area (Å²) in [6.45, 7) is 3.08. The third kappa shape index (κ3) is 7.97. The number of hydrogen-bond donors (Lipinski definition) is 3. The average Bonchev–Trinajstić information content (AvgIpc) is 2.70. The summed E-state index contributed by atoms with van der Waals surface area (Å²) in [7, 11) is 0. The summed E-state index contributed by atoms with van der Waals surface area (Å²) in [6.07, 6.45) is -3.94. The summed E-state index contributed by atoms with van der Waals surface area (Å²) < 4.78 is 42.9. The third-order valence-corrected chi connectivity index (χ3v) is 5.12. The van der Waals surface area contributed by atoms with E-state index in [0.29, 0.717) is 35.0 Å². The number of carboxylic acids is 1. The molecule has 0 heterocycles. The van der Waals surface area contributed by atoms with Crippen LogP contribution in [0.1, 0.15) is 24.5 Å². The molecule has 0 aliphatic heterocycles. The minimum atomic E-state index is -4.39. The maximum atomic E-state index is 12.6. The lowest BCUT2D eigenvalue weighted by Crippen LogP contribution is -2.12. The van der Waals surface area contributed by atoms with Crippen molar-refractivity contribution in [3.63, 3.8) is 0 Å². The van der Waals surface area contributed by atoms with E-state index in [4.69, 9.17) is 15.3 Å². The Balaban J connectivity index is 1.82. The molecule has 0 saturated carbocycles. The van der Waals surface area contributed by atoms with Gasteiger partial charge in [0.05, 0.1) is 22.7 Å². The van der Waals surface area contributed by atoms with Crippen molar-refractivity contribution < 1.29 is 27.8 Å². The van der Waals surface area contributed by atoms with Crippen LogP contribution in [0.5, 0.6) is 5.75 Å². The van der Waals surface area contributed by atoms with Gasteiger partial charge in [0.1, 0.15) is 5.75 Å². The zero-order valence-corrected chi connectivity index (χ0v) is 17.7. The second-order valence-corrected chi connectivity index (χ2v) is 7.74. The standard InChI is InChI=1S/C21H22F3N3O3S/c1-13-11-17(7-8-19(13)30-12-20(28)29)31-10-9-18(25)14(2)26-27-16-5-3-15(4-6-16)21(22,23)24/h3-8,11,25,27H,9-10,12H2,1-2H3,(H,28,29)/b25-18?,26-14-. The van der Waals surface area contributed by atoms with E-state index in [1.165, 1.54) is 23.9 Å². The highest BCUT2D eigenvalue weighted by Crippen LogP contribution is 2.30. The lowest BCUT2D eigenvalue weighted by Gasteiger charge is -2.10. The largest absolute Gasteiger partial charge is 0.482 e. The number of alkyl halides is 3. The van der Waals surface area contributed by atoms with Crippen LogP contribution in [0.3, 0.4) is 0 Å². The number of ether oxygens (including phenoxy) is 1. The van der Waals surface area contributed by atoms with E-state index in [2.05, 4.69) is 10.5 Å². The molecule has 0 amide bonds. The maximum absolute atomic E-state index is 12.6. The van der Waals surface area contributed by atoms with Crippen LogP contribution in [-0.4, -0.2) is 34.9 Å². The highest BCUT2D eigenvalue weighted by Gasteiger charge is 2.29. The number of rotatable bonds is 10. The molecule has 2 rings (SSSR count). The Labute approximate surface area is 182 Å². The fourth-order valence-electron chi connectivity index (χ4n) is 2.41. The molecular weight excluding hydrogens is 431 g/mol. The van der Waals surface area contributed by atoms with Crippen molar-refractivity contribution in [3.8, 4) is 5.75 Å². The van der Waals surface area contributed by atoms with Gasteiger partial charge >= 0.3 is 12.1 Å². The first-order chi connectivity index (χ1) is 14.6. The van der Waals surface area contributed by atoms with Crippen LogP contribution >= 0.6 is 11.8 Å². The van der Waals surface area contributed by atoms with E-state index in [1.807, 2.05) is 19.1 Å². The lowest BCUT2D eigenvalue weighted by molar-refractivity contribution is -0.139. The number of nitrogens with one attached hydrogen (secondary N) is 2. The molecule has 2 aromatic carbocycles. The SMILES string of the molecule is C/C(=N/Nc1ccc(C(F)(F)F)cc1)C(=N)CCSc1ccc(OCC(=O)O)c(C)c1. The van der Waals surface area contributed by atoms with Gasteiger partial charge in [0, 0.05) is 17.1 Å². The number of thioether (sulfide) groups is 1. The summed E-state index contributed by atoms with van der Waals surface area (Å²) in [5.41, 5.74) is 3.89. The minimum absolute atomic E-state index is 0.310. The summed E-state index contributed by atoms with van der Waals surface area (Å²) in [6, 6.07) is 9.93. The maximum Gasteiger partial charge on any atom is 0.416 e. The quantitative estimate of drug-likeness (QED) is 0.252. The van der Waals surface area contributed by atoms with Crippen LogP contribution in [0.2, 0.25) is 0 Å². The second kappa shape index (κ2) is 10.9. The first-order valence-electron chi connectivity index (χ1n) is 9.19. The molecule has 0 atom stereocenters. The number of carbonyl (C=O) groups is 1. The molecule has 31 heavy (non-hydrogen) atoms. The predicted molar refractivity (Wildman–Crippen MR) is 116 cm³/mol. The molecule has 3 N–H and O–H groups in total. The number of hydrogen-bond acceptors (Lipinski definition) is 6. The Morgan fingerprint density at radius 1 is 1.23 bits per heavy atom. The zero-order chi connectivity index (χ0) is 23.0. The van der Waals surface area contributed by atoms with Gasteiger partial charge in [-0.05, 0) is 61.9 Å². The van der Waals surface area contributed by atoms with E-state index in [-0.39, 0.29) is 0 Å². The molecule has 0 aliphatic carbocycles. The predicted octanol–water partition coefficient (Wildman–Crippen LogP) is 5.47. The highest BCUT2D eigenvalue weighted by molar-refractivity contribution is 7.99. The van der Waals surface area contributed by atoms with Crippen molar-refractivity contribution in [2.75, 3.05) is 17.8 Å². The molecular formula is C21H22F3N3O3S. The van der Waals surface area contributed by atoms with Crippen LogP contribution in [0.15, 0.2) is 52.5 Å². The van der Waals surface area contributed by atoms with Gasteiger partial charge in [-0.25, -0.2) is 4.79 Å². The number of carboxylic acid groups (broad SMARTS) is 1. The number of benzene rings is 2. The number of nitrogens with zero attached hydrogens (tertiary/aromatic N) is 1. The Morgan fingerprint density at radius 2 is 1.90 bits per heavy atom. The first-order valence-corrected chi connectivity index (χ1v) is 10.2. The van der Waals surface area contributed by atoms with Crippen LogP contribution in [0.25, 0.3) is 0 Å². The third-order valence-electron chi connectivity index (χ3n) is 4.12. The number of anilines is 1. The van der Waals surface area contributed by atoms with Gasteiger partial charge in [-0.2, -0.15) is 18.3 Å². The first kappa shape index (κ1) is 24.3. The van der Waals surface area contributed by atoms with Gasteiger partial charge in [-0.15, -0.1) is 11.8 Å². The van der Waals surface area contributed by atoms with Crippen LogP contribution in [-0.2, 0) is 11.0 Å². The summed E-state index contributed by atoms with van der Waals surface area (Å²) >= 11 is 1.54. The molecule has 10 heteroatoms. The Hall–Kier alpha value is -3.01. The average molecular weight is 453 g/mol. The van der Waals surface area contributed by atoms with Gasteiger partial charge in [0.15, 0.2) is 6.61 Å². The molecule has 0 spiro atoms. The van der Waals surface area contributed by atoms with Gasteiger partial charge in [-0.3, -0.25) is 5.43 Å². The fourth-order valence-corrected chi connectivity index (χ4v) is 3.38. The monoisotopic (exact) mass is 453 g/mol. The van der Waals surface area contributed by atoms with Crippen molar-refractivity contribution in [1.82, 2.24) is 0 Å². The topological polar surface area (TPSA) is 94.8 Å². The molecule has 0 bridgehead atoms. The molecule has 0 aromatic heterocycles. The van der Waals surface area contributed by atoms with Crippen LogP contribution < -0.4 is 10.2 Å². The van der Waals surface area contributed by atoms with Gasteiger partial charge in [0.2, 0.25) is 0 Å². The second-order valence-electron chi connectivity index (χ2n) is 6.57. The molecule has 166 valence electrons. The highest BCUT2D eigenvalue weighted by atomic mass is 32.2. The van der Waals surface area contributed by atoms with Gasteiger partial charge < -0.3 is 15.3 Å². The summed E-state index contributed by atoms with van der Waals surface area (Å²) in [5.74, 6) is 0.0961. The molecule has 0 aliphatic rings. The minimum Gasteiger partial charge on any atom is -0.482 e. The number of aliphatic carboxylic acids is 1. The summed E-state index contributed by atoms with van der Waals surface area (Å²) in [4.78, 5) is 11.5. The number of hydrazone groups is 1. The molecule has 0 radical (unpaired) electrons. The normalized spacial score (nSPS) is 11.8. The Morgan fingerprint density at radius 3 is 2.48 bits per heavy atom. The van der Waals surface area contributed by atoms with Crippen molar-refractivity contribution in [1.29, 1.82) is 5.41 Å². The van der Waals surface area contributed by atoms with E-state index >= 15 is 0 Å². The van der Waals surface area contributed by atoms with Crippen molar-refractivity contribution >= 4 is 34.8 Å². The zero-order valence-electron chi connectivity index (χ0n) is 16.9. The Bertz CT molecular complexity index is 961.